The lowest BCUT2D eigenvalue weighted by molar-refractivity contribution is -0.152. The first kappa shape index (κ1) is 17.0. The number of likely N-dealkylation sites (N-methyl/N-ethyl adjacent to an activating group) is 1. The van der Waals surface area contributed by atoms with Crippen LogP contribution in [0.25, 0.3) is 0 Å². The topological polar surface area (TPSA) is 55.8 Å². The molecule has 1 spiro atoms. The van der Waals surface area contributed by atoms with E-state index in [2.05, 4.69) is 18.7 Å². The Bertz CT molecular complexity index is 459. The molecule has 0 radical (unpaired) electrons. The van der Waals surface area contributed by atoms with Crippen LogP contribution in [-0.2, 0) is 19.1 Å². The van der Waals surface area contributed by atoms with Gasteiger partial charge in [0.15, 0.2) is 0 Å². The molecule has 1 heterocycles. The molecular weight excluding hydrogens is 282 g/mol. The van der Waals surface area contributed by atoms with Gasteiger partial charge in [-0.05, 0) is 45.7 Å². The van der Waals surface area contributed by atoms with Gasteiger partial charge < -0.3 is 14.4 Å². The average Bonchev–Trinajstić information content (AvgIpc) is 2.75. The zero-order valence-electron chi connectivity index (χ0n) is 13.9. The van der Waals surface area contributed by atoms with Crippen LogP contribution >= 0.6 is 0 Å². The molecule has 22 heavy (non-hydrogen) atoms. The third-order valence-corrected chi connectivity index (χ3v) is 4.83. The standard InChI is InChI=1S/C17H27NO4/c1-4-18(5-2)11-12-21-16(20)14-13(3)15(19)22-17(14)9-7-6-8-10-17/h4-12H2,1-3H3. The van der Waals surface area contributed by atoms with E-state index < -0.39 is 5.60 Å². The largest absolute Gasteiger partial charge is 0.461 e. The maximum Gasteiger partial charge on any atom is 0.338 e. The number of carbonyl (C=O) groups is 2. The third-order valence-electron chi connectivity index (χ3n) is 4.83. The van der Waals surface area contributed by atoms with Crippen LogP contribution in [0.4, 0.5) is 0 Å². The van der Waals surface area contributed by atoms with E-state index in [-0.39, 0.29) is 11.9 Å². The number of hydrogen-bond acceptors (Lipinski definition) is 5. The molecule has 1 aliphatic heterocycles. The van der Waals surface area contributed by atoms with Crippen molar-refractivity contribution in [3.8, 4) is 0 Å². The monoisotopic (exact) mass is 309 g/mol. The van der Waals surface area contributed by atoms with E-state index in [9.17, 15) is 9.59 Å². The third kappa shape index (κ3) is 3.35. The summed E-state index contributed by atoms with van der Waals surface area (Å²) >= 11 is 0. The Balaban J connectivity index is 2.04. The predicted molar refractivity (Wildman–Crippen MR) is 83.4 cm³/mol. The highest BCUT2D eigenvalue weighted by atomic mass is 16.6. The molecule has 0 amide bonds. The Kier molecular flexibility index (Phi) is 5.62. The van der Waals surface area contributed by atoms with Crippen LogP contribution in [-0.4, -0.2) is 48.7 Å². The van der Waals surface area contributed by atoms with E-state index in [1.807, 2.05) is 0 Å². The van der Waals surface area contributed by atoms with Crippen LogP contribution in [0.2, 0.25) is 0 Å². The molecule has 2 rings (SSSR count). The van der Waals surface area contributed by atoms with E-state index >= 15 is 0 Å². The Labute approximate surface area is 132 Å². The minimum Gasteiger partial charge on any atom is -0.461 e. The summed E-state index contributed by atoms with van der Waals surface area (Å²) < 4.78 is 11.0. The fraction of sp³-hybridized carbons (Fsp3) is 0.765. The summed E-state index contributed by atoms with van der Waals surface area (Å²) in [6, 6.07) is 0. The van der Waals surface area contributed by atoms with Gasteiger partial charge in [0.2, 0.25) is 0 Å². The molecule has 124 valence electrons. The molecule has 0 bridgehead atoms. The summed E-state index contributed by atoms with van der Waals surface area (Å²) in [4.78, 5) is 26.6. The molecule has 1 aliphatic carbocycles. The van der Waals surface area contributed by atoms with E-state index in [0.29, 0.717) is 24.3 Å². The molecule has 0 atom stereocenters. The van der Waals surface area contributed by atoms with E-state index in [0.717, 1.165) is 45.2 Å². The molecular formula is C17H27NO4. The molecule has 0 aromatic heterocycles. The lowest BCUT2D eigenvalue weighted by Crippen LogP contribution is -2.38. The summed E-state index contributed by atoms with van der Waals surface area (Å²) in [7, 11) is 0. The molecule has 5 nitrogen and oxygen atoms in total. The summed E-state index contributed by atoms with van der Waals surface area (Å²) in [5.41, 5.74) is 0.178. The van der Waals surface area contributed by atoms with Gasteiger partial charge >= 0.3 is 11.9 Å². The minimum atomic E-state index is -0.717. The van der Waals surface area contributed by atoms with Crippen LogP contribution < -0.4 is 0 Å². The van der Waals surface area contributed by atoms with Crippen molar-refractivity contribution in [3.63, 3.8) is 0 Å². The van der Waals surface area contributed by atoms with Crippen molar-refractivity contribution in [1.29, 1.82) is 0 Å². The van der Waals surface area contributed by atoms with Gasteiger partial charge in [0.25, 0.3) is 0 Å². The molecule has 1 saturated carbocycles. The quantitative estimate of drug-likeness (QED) is 0.705. The van der Waals surface area contributed by atoms with Gasteiger partial charge in [0.1, 0.15) is 12.2 Å². The summed E-state index contributed by atoms with van der Waals surface area (Å²) in [6.45, 7) is 8.76. The Morgan fingerprint density at radius 2 is 1.86 bits per heavy atom. The lowest BCUT2D eigenvalue weighted by Gasteiger charge is -2.33. The van der Waals surface area contributed by atoms with Crippen LogP contribution in [0.15, 0.2) is 11.1 Å². The first-order valence-corrected chi connectivity index (χ1v) is 8.38. The molecule has 0 aromatic carbocycles. The highest BCUT2D eigenvalue weighted by Gasteiger charge is 2.50. The van der Waals surface area contributed by atoms with Crippen molar-refractivity contribution in [1.82, 2.24) is 4.90 Å². The van der Waals surface area contributed by atoms with Crippen LogP contribution in [0, 0.1) is 0 Å². The molecule has 2 aliphatic rings. The van der Waals surface area contributed by atoms with Crippen LogP contribution in [0.3, 0.4) is 0 Å². The number of nitrogens with zero attached hydrogens (tertiary/aromatic N) is 1. The number of rotatable bonds is 6. The number of carbonyl (C=O) groups excluding carboxylic acids is 2. The van der Waals surface area contributed by atoms with Crippen LogP contribution in [0.1, 0.15) is 52.9 Å². The van der Waals surface area contributed by atoms with Gasteiger partial charge in [-0.25, -0.2) is 9.59 Å². The van der Waals surface area contributed by atoms with Gasteiger partial charge in [0, 0.05) is 12.1 Å². The number of esters is 2. The molecule has 0 aromatic rings. The molecule has 5 heteroatoms. The molecule has 1 fully saturated rings. The summed E-state index contributed by atoms with van der Waals surface area (Å²) in [6.07, 6.45) is 4.56. The summed E-state index contributed by atoms with van der Waals surface area (Å²) in [5.74, 6) is -0.741. The lowest BCUT2D eigenvalue weighted by atomic mass is 9.79. The van der Waals surface area contributed by atoms with Crippen molar-refractivity contribution < 1.29 is 19.1 Å². The Hall–Kier alpha value is -1.36. The van der Waals surface area contributed by atoms with Crippen LogP contribution in [0.5, 0.6) is 0 Å². The van der Waals surface area contributed by atoms with Crippen molar-refractivity contribution in [2.75, 3.05) is 26.2 Å². The van der Waals surface area contributed by atoms with Gasteiger partial charge in [-0.15, -0.1) is 0 Å². The minimum absolute atomic E-state index is 0.349. The molecule has 0 N–H and O–H groups in total. The van der Waals surface area contributed by atoms with Crippen molar-refractivity contribution in [3.05, 3.63) is 11.1 Å². The second-order valence-electron chi connectivity index (χ2n) is 6.11. The van der Waals surface area contributed by atoms with Gasteiger partial charge in [0.05, 0.1) is 5.57 Å². The zero-order chi connectivity index (χ0) is 16.2. The number of hydrogen-bond donors (Lipinski definition) is 0. The molecule has 0 unspecified atom stereocenters. The normalized spacial score (nSPS) is 20.6. The summed E-state index contributed by atoms with van der Waals surface area (Å²) in [5, 5.41) is 0. The highest BCUT2D eigenvalue weighted by Crippen LogP contribution is 2.44. The van der Waals surface area contributed by atoms with Crippen molar-refractivity contribution >= 4 is 11.9 Å². The first-order chi connectivity index (χ1) is 10.5. The smallest absolute Gasteiger partial charge is 0.338 e. The van der Waals surface area contributed by atoms with Crippen molar-refractivity contribution in [2.24, 2.45) is 0 Å². The van der Waals surface area contributed by atoms with E-state index in [1.165, 1.54) is 0 Å². The van der Waals surface area contributed by atoms with E-state index in [1.54, 1.807) is 6.92 Å². The Morgan fingerprint density at radius 3 is 2.45 bits per heavy atom. The fourth-order valence-electron chi connectivity index (χ4n) is 3.44. The van der Waals surface area contributed by atoms with Gasteiger partial charge in [-0.2, -0.15) is 0 Å². The van der Waals surface area contributed by atoms with Gasteiger partial charge in [-0.3, -0.25) is 0 Å². The second-order valence-corrected chi connectivity index (χ2v) is 6.11. The highest BCUT2D eigenvalue weighted by molar-refractivity contribution is 6.05. The Morgan fingerprint density at radius 1 is 1.23 bits per heavy atom. The number of ether oxygens (including phenoxy) is 2. The maximum absolute atomic E-state index is 12.5. The van der Waals surface area contributed by atoms with Crippen molar-refractivity contribution in [2.45, 2.75) is 58.5 Å². The zero-order valence-corrected chi connectivity index (χ0v) is 13.9. The molecule has 0 saturated heterocycles. The maximum atomic E-state index is 12.5. The second kappa shape index (κ2) is 7.27. The first-order valence-electron chi connectivity index (χ1n) is 8.38. The van der Waals surface area contributed by atoms with Gasteiger partial charge in [-0.1, -0.05) is 20.3 Å². The van der Waals surface area contributed by atoms with E-state index in [4.69, 9.17) is 9.47 Å². The SMILES string of the molecule is CCN(CC)CCOC(=O)C1=C(C)C(=O)OC12CCCCC2. The predicted octanol–water partition coefficient (Wildman–Crippen LogP) is 2.45. The fourth-order valence-corrected chi connectivity index (χ4v) is 3.44. The average molecular weight is 309 g/mol.